The molecule has 0 aliphatic carbocycles. The van der Waals surface area contributed by atoms with Gasteiger partial charge >= 0.3 is 0 Å². The van der Waals surface area contributed by atoms with E-state index >= 15 is 0 Å². The average Bonchev–Trinajstić information content (AvgIpc) is 2.91. The van der Waals surface area contributed by atoms with E-state index in [2.05, 4.69) is 5.32 Å². The fraction of sp³-hybridized carbons (Fsp3) is 0.286. The van der Waals surface area contributed by atoms with Gasteiger partial charge in [0, 0.05) is 17.5 Å². The first-order valence-electron chi connectivity index (χ1n) is 6.02. The molecule has 1 aromatic carbocycles. The third-order valence-electron chi connectivity index (χ3n) is 2.69. The number of para-hydroxylation sites is 1. The van der Waals surface area contributed by atoms with Crippen LogP contribution in [0.3, 0.4) is 0 Å². The van der Waals surface area contributed by atoms with Crippen molar-refractivity contribution in [3.63, 3.8) is 0 Å². The standard InChI is InChI=1S/C14H15F2NOS/c1-10(13-6-3-9-19-13)17-7-8-18-14-11(15)4-2-5-12(14)16/h2-6,9-10,17H,7-8H2,1H3. The number of hydrogen-bond acceptors (Lipinski definition) is 3. The van der Waals surface area contributed by atoms with Crippen LogP contribution in [0.15, 0.2) is 35.7 Å². The fourth-order valence-corrected chi connectivity index (χ4v) is 2.45. The molecule has 1 unspecified atom stereocenters. The number of benzene rings is 1. The van der Waals surface area contributed by atoms with E-state index in [4.69, 9.17) is 4.74 Å². The van der Waals surface area contributed by atoms with Gasteiger partial charge in [0.1, 0.15) is 6.61 Å². The fourth-order valence-electron chi connectivity index (χ4n) is 1.69. The Hall–Kier alpha value is -1.46. The van der Waals surface area contributed by atoms with E-state index in [1.165, 1.54) is 23.1 Å². The van der Waals surface area contributed by atoms with Crippen LogP contribution in [0.25, 0.3) is 0 Å². The summed E-state index contributed by atoms with van der Waals surface area (Å²) in [5.74, 6) is -1.66. The normalized spacial score (nSPS) is 12.4. The number of rotatable bonds is 6. The Balaban J connectivity index is 1.78. The number of hydrogen-bond donors (Lipinski definition) is 1. The summed E-state index contributed by atoms with van der Waals surface area (Å²) in [4.78, 5) is 1.22. The first-order valence-corrected chi connectivity index (χ1v) is 6.90. The molecule has 5 heteroatoms. The van der Waals surface area contributed by atoms with Gasteiger partial charge < -0.3 is 10.1 Å². The van der Waals surface area contributed by atoms with Crippen LogP contribution in [0.2, 0.25) is 0 Å². The average molecular weight is 283 g/mol. The molecular formula is C14H15F2NOS. The number of ether oxygens (including phenoxy) is 1. The topological polar surface area (TPSA) is 21.3 Å². The Morgan fingerprint density at radius 1 is 1.21 bits per heavy atom. The third kappa shape index (κ3) is 3.75. The molecule has 0 aliphatic heterocycles. The molecule has 0 amide bonds. The Kier molecular flexibility index (Phi) is 4.87. The van der Waals surface area contributed by atoms with Gasteiger partial charge in [-0.3, -0.25) is 0 Å². The highest BCUT2D eigenvalue weighted by Crippen LogP contribution is 2.21. The molecule has 0 saturated heterocycles. The van der Waals surface area contributed by atoms with Crippen LogP contribution in [0.1, 0.15) is 17.8 Å². The molecule has 1 heterocycles. The van der Waals surface area contributed by atoms with Crippen LogP contribution in [0, 0.1) is 11.6 Å². The van der Waals surface area contributed by atoms with Gasteiger partial charge in [0.25, 0.3) is 0 Å². The summed E-state index contributed by atoms with van der Waals surface area (Å²) in [5.41, 5.74) is 0. The summed E-state index contributed by atoms with van der Waals surface area (Å²) in [7, 11) is 0. The van der Waals surface area contributed by atoms with Crippen LogP contribution in [0.5, 0.6) is 5.75 Å². The van der Waals surface area contributed by atoms with E-state index in [9.17, 15) is 8.78 Å². The molecule has 0 radical (unpaired) electrons. The maximum absolute atomic E-state index is 13.3. The van der Waals surface area contributed by atoms with E-state index < -0.39 is 11.6 Å². The molecule has 2 aromatic rings. The van der Waals surface area contributed by atoms with E-state index in [1.807, 2.05) is 24.4 Å². The highest BCUT2D eigenvalue weighted by Gasteiger charge is 2.10. The minimum absolute atomic E-state index is 0.203. The molecule has 0 bridgehead atoms. The maximum atomic E-state index is 13.3. The smallest absolute Gasteiger partial charge is 0.190 e. The summed E-state index contributed by atoms with van der Waals surface area (Å²) in [6.45, 7) is 2.77. The lowest BCUT2D eigenvalue weighted by Gasteiger charge is -2.13. The van der Waals surface area contributed by atoms with Crippen LogP contribution in [-0.4, -0.2) is 13.2 Å². The van der Waals surface area contributed by atoms with Gasteiger partial charge in [-0.05, 0) is 30.5 Å². The molecule has 0 spiro atoms. The second-order valence-corrected chi connectivity index (χ2v) is 5.07. The summed E-state index contributed by atoms with van der Waals surface area (Å²) in [6, 6.07) is 7.91. The number of halogens is 2. The molecular weight excluding hydrogens is 268 g/mol. The van der Waals surface area contributed by atoms with E-state index in [1.54, 1.807) is 11.3 Å². The van der Waals surface area contributed by atoms with Gasteiger partial charge in [0.05, 0.1) is 0 Å². The Morgan fingerprint density at radius 2 is 1.95 bits per heavy atom. The molecule has 1 N–H and O–H groups in total. The van der Waals surface area contributed by atoms with Crippen molar-refractivity contribution >= 4 is 11.3 Å². The van der Waals surface area contributed by atoms with E-state index in [0.717, 1.165) is 0 Å². The first kappa shape index (κ1) is 14.0. The molecule has 0 saturated carbocycles. The Morgan fingerprint density at radius 3 is 2.58 bits per heavy atom. The second kappa shape index (κ2) is 6.63. The van der Waals surface area contributed by atoms with Crippen LogP contribution >= 0.6 is 11.3 Å². The predicted molar refractivity (Wildman–Crippen MR) is 72.6 cm³/mol. The summed E-state index contributed by atoms with van der Waals surface area (Å²) < 4.78 is 31.7. The van der Waals surface area contributed by atoms with Crippen LogP contribution in [-0.2, 0) is 0 Å². The SMILES string of the molecule is CC(NCCOc1c(F)cccc1F)c1cccs1. The Bertz CT molecular complexity index is 496. The van der Waals surface area contributed by atoms with Gasteiger partial charge in [-0.15, -0.1) is 11.3 Å². The molecule has 0 fully saturated rings. The Labute approximate surface area is 115 Å². The monoisotopic (exact) mass is 283 g/mol. The molecule has 2 nitrogen and oxygen atoms in total. The van der Waals surface area contributed by atoms with Crippen molar-refractivity contribution in [2.45, 2.75) is 13.0 Å². The van der Waals surface area contributed by atoms with Crippen molar-refractivity contribution in [2.75, 3.05) is 13.2 Å². The lowest BCUT2D eigenvalue weighted by atomic mass is 10.3. The molecule has 1 aromatic heterocycles. The summed E-state index contributed by atoms with van der Waals surface area (Å²) in [5, 5.41) is 5.25. The number of thiophene rings is 1. The molecule has 19 heavy (non-hydrogen) atoms. The zero-order valence-electron chi connectivity index (χ0n) is 10.5. The third-order valence-corrected chi connectivity index (χ3v) is 3.74. The lowest BCUT2D eigenvalue weighted by Crippen LogP contribution is -2.24. The summed E-state index contributed by atoms with van der Waals surface area (Å²) in [6.07, 6.45) is 0. The van der Waals surface area contributed by atoms with Crippen LogP contribution < -0.4 is 10.1 Å². The largest absolute Gasteiger partial charge is 0.486 e. The van der Waals surface area contributed by atoms with Crippen molar-refractivity contribution < 1.29 is 13.5 Å². The van der Waals surface area contributed by atoms with Crippen molar-refractivity contribution in [3.05, 3.63) is 52.2 Å². The van der Waals surface area contributed by atoms with E-state index in [0.29, 0.717) is 6.54 Å². The molecule has 1 atom stereocenters. The minimum atomic E-state index is -0.675. The molecule has 102 valence electrons. The van der Waals surface area contributed by atoms with Gasteiger partial charge in [0.2, 0.25) is 0 Å². The minimum Gasteiger partial charge on any atom is -0.486 e. The zero-order valence-corrected chi connectivity index (χ0v) is 11.3. The summed E-state index contributed by atoms with van der Waals surface area (Å²) >= 11 is 1.67. The maximum Gasteiger partial charge on any atom is 0.190 e. The van der Waals surface area contributed by atoms with Crippen molar-refractivity contribution in [2.24, 2.45) is 0 Å². The van der Waals surface area contributed by atoms with Gasteiger partial charge in [-0.2, -0.15) is 0 Å². The van der Waals surface area contributed by atoms with Crippen LogP contribution in [0.4, 0.5) is 8.78 Å². The van der Waals surface area contributed by atoms with Crippen molar-refractivity contribution in [3.8, 4) is 5.75 Å². The second-order valence-electron chi connectivity index (χ2n) is 4.09. The quantitative estimate of drug-likeness (QED) is 0.815. The highest BCUT2D eigenvalue weighted by atomic mass is 32.1. The van der Waals surface area contributed by atoms with Gasteiger partial charge in [0.15, 0.2) is 17.4 Å². The lowest BCUT2D eigenvalue weighted by molar-refractivity contribution is 0.279. The van der Waals surface area contributed by atoms with E-state index in [-0.39, 0.29) is 18.4 Å². The molecule has 2 rings (SSSR count). The number of nitrogens with one attached hydrogen (secondary N) is 1. The van der Waals surface area contributed by atoms with Crippen molar-refractivity contribution in [1.82, 2.24) is 5.32 Å². The highest BCUT2D eigenvalue weighted by molar-refractivity contribution is 7.10. The zero-order chi connectivity index (χ0) is 13.7. The predicted octanol–water partition coefficient (Wildman–Crippen LogP) is 3.76. The molecule has 0 aliphatic rings. The van der Waals surface area contributed by atoms with Gasteiger partial charge in [-0.1, -0.05) is 12.1 Å². The van der Waals surface area contributed by atoms with Gasteiger partial charge in [-0.25, -0.2) is 8.78 Å². The first-order chi connectivity index (χ1) is 9.18. The van der Waals surface area contributed by atoms with Crippen molar-refractivity contribution in [1.29, 1.82) is 0 Å².